The second-order valence-electron chi connectivity index (χ2n) is 4.57. The van der Waals surface area contributed by atoms with Crippen molar-refractivity contribution in [2.75, 3.05) is 38.6 Å². The molecule has 20 heavy (non-hydrogen) atoms. The maximum absolute atomic E-state index is 11.8. The van der Waals surface area contributed by atoms with Gasteiger partial charge in [-0.25, -0.2) is 0 Å². The summed E-state index contributed by atoms with van der Waals surface area (Å²) in [6.45, 7) is 4.17. The summed E-state index contributed by atoms with van der Waals surface area (Å²) in [7, 11) is 0. The number of carbonyl (C=O) groups excluding carboxylic acids is 1. The van der Waals surface area contributed by atoms with Gasteiger partial charge in [-0.2, -0.15) is 0 Å². The molecular formula is C14H19N3O3. The maximum Gasteiger partial charge on any atom is 0.263 e. The molecule has 1 fully saturated rings. The molecule has 1 aromatic rings. The van der Waals surface area contributed by atoms with E-state index in [1.165, 1.54) is 0 Å². The van der Waals surface area contributed by atoms with E-state index in [-0.39, 0.29) is 12.5 Å². The Balaban J connectivity index is 1.82. The van der Waals surface area contributed by atoms with Gasteiger partial charge in [0.25, 0.3) is 5.91 Å². The summed E-state index contributed by atoms with van der Waals surface area (Å²) < 4.78 is 5.19. The predicted octanol–water partition coefficient (Wildman–Crippen LogP) is 0.868. The zero-order chi connectivity index (χ0) is 14.4. The first-order chi connectivity index (χ1) is 9.66. The van der Waals surface area contributed by atoms with Crippen molar-refractivity contribution in [2.45, 2.75) is 6.92 Å². The number of rotatable bonds is 4. The molecule has 0 aliphatic carbocycles. The molecule has 6 nitrogen and oxygen atoms in total. The number of ether oxygens (including phenoxy) is 1. The molecule has 2 rings (SSSR count). The van der Waals surface area contributed by atoms with Crippen LogP contribution in [0.15, 0.2) is 29.4 Å². The van der Waals surface area contributed by atoms with Crippen LogP contribution >= 0.6 is 0 Å². The molecule has 1 saturated heterocycles. The van der Waals surface area contributed by atoms with Gasteiger partial charge in [0.2, 0.25) is 0 Å². The van der Waals surface area contributed by atoms with E-state index < -0.39 is 0 Å². The Bertz CT molecular complexity index is 479. The van der Waals surface area contributed by atoms with Gasteiger partial charge >= 0.3 is 0 Å². The molecule has 0 radical (unpaired) electrons. The first-order valence-corrected chi connectivity index (χ1v) is 6.55. The van der Waals surface area contributed by atoms with Crippen molar-refractivity contribution in [1.82, 2.24) is 4.90 Å². The zero-order valence-electron chi connectivity index (χ0n) is 11.5. The van der Waals surface area contributed by atoms with Gasteiger partial charge in [-0.05, 0) is 24.6 Å². The van der Waals surface area contributed by atoms with Crippen molar-refractivity contribution in [1.29, 1.82) is 0 Å². The number of carbonyl (C=O) groups is 1. The largest absolute Gasteiger partial charge is 0.399 e. The molecule has 0 aromatic heterocycles. The van der Waals surface area contributed by atoms with Gasteiger partial charge < -0.3 is 20.2 Å². The second-order valence-corrected chi connectivity index (χ2v) is 4.57. The summed E-state index contributed by atoms with van der Waals surface area (Å²) in [6, 6.07) is 7.32. The number of benzene rings is 1. The molecule has 1 amide bonds. The molecule has 0 saturated carbocycles. The van der Waals surface area contributed by atoms with E-state index in [9.17, 15) is 4.79 Å². The molecule has 1 aliphatic rings. The van der Waals surface area contributed by atoms with E-state index in [1.54, 1.807) is 17.0 Å². The van der Waals surface area contributed by atoms with Crippen molar-refractivity contribution in [3.63, 3.8) is 0 Å². The van der Waals surface area contributed by atoms with Gasteiger partial charge in [-0.15, -0.1) is 0 Å². The van der Waals surface area contributed by atoms with Crippen molar-refractivity contribution in [3.05, 3.63) is 29.8 Å². The molecule has 108 valence electrons. The minimum Gasteiger partial charge on any atom is -0.399 e. The summed E-state index contributed by atoms with van der Waals surface area (Å²) in [5, 5.41) is 3.96. The van der Waals surface area contributed by atoms with Crippen molar-refractivity contribution in [3.8, 4) is 0 Å². The third kappa shape index (κ3) is 3.96. The highest BCUT2D eigenvalue weighted by atomic mass is 16.6. The Morgan fingerprint density at radius 3 is 2.65 bits per heavy atom. The lowest BCUT2D eigenvalue weighted by molar-refractivity contribution is -0.140. The van der Waals surface area contributed by atoms with Gasteiger partial charge in [0, 0.05) is 18.8 Å². The molecule has 0 atom stereocenters. The lowest BCUT2D eigenvalue weighted by Crippen LogP contribution is -2.42. The number of oxime groups is 1. The molecule has 0 bridgehead atoms. The fourth-order valence-electron chi connectivity index (χ4n) is 1.87. The van der Waals surface area contributed by atoms with Crippen LogP contribution in [0.1, 0.15) is 12.5 Å². The average molecular weight is 277 g/mol. The highest BCUT2D eigenvalue weighted by Crippen LogP contribution is 2.07. The van der Waals surface area contributed by atoms with E-state index in [4.69, 9.17) is 15.3 Å². The molecule has 0 unspecified atom stereocenters. The third-order valence-corrected chi connectivity index (χ3v) is 3.08. The van der Waals surface area contributed by atoms with Crippen LogP contribution in [-0.2, 0) is 14.4 Å². The van der Waals surface area contributed by atoms with Crippen LogP contribution < -0.4 is 5.73 Å². The van der Waals surface area contributed by atoms with Crippen LogP contribution in [0.2, 0.25) is 0 Å². The summed E-state index contributed by atoms with van der Waals surface area (Å²) in [4.78, 5) is 18.7. The number of anilines is 1. The SMILES string of the molecule is C/C(=N\OCC(=O)N1CCOCC1)c1ccc(N)cc1. The van der Waals surface area contributed by atoms with Gasteiger partial charge in [0.15, 0.2) is 6.61 Å². The standard InChI is InChI=1S/C14H19N3O3/c1-11(12-2-4-13(15)5-3-12)16-20-10-14(18)17-6-8-19-9-7-17/h2-5H,6-10,15H2,1H3/b16-11+. The van der Waals surface area contributed by atoms with Crippen LogP contribution in [0.25, 0.3) is 0 Å². The lowest BCUT2D eigenvalue weighted by Gasteiger charge is -2.26. The fraction of sp³-hybridized carbons (Fsp3) is 0.429. The van der Waals surface area contributed by atoms with Crippen molar-refractivity contribution in [2.24, 2.45) is 5.16 Å². The number of nitrogen functional groups attached to an aromatic ring is 1. The Morgan fingerprint density at radius 2 is 2.00 bits per heavy atom. The zero-order valence-corrected chi connectivity index (χ0v) is 11.5. The smallest absolute Gasteiger partial charge is 0.263 e. The molecule has 1 heterocycles. The van der Waals surface area contributed by atoms with E-state index in [2.05, 4.69) is 5.16 Å². The molecular weight excluding hydrogens is 258 g/mol. The predicted molar refractivity (Wildman–Crippen MR) is 76.4 cm³/mol. The topological polar surface area (TPSA) is 77.1 Å². The average Bonchev–Trinajstić information content (AvgIpc) is 2.48. The summed E-state index contributed by atoms with van der Waals surface area (Å²) in [5.41, 5.74) is 7.94. The van der Waals surface area contributed by atoms with Crippen molar-refractivity contribution >= 4 is 17.3 Å². The monoisotopic (exact) mass is 277 g/mol. The Kier molecular flexibility index (Phi) is 4.95. The van der Waals surface area contributed by atoms with Crippen LogP contribution in [0.3, 0.4) is 0 Å². The summed E-state index contributed by atoms with van der Waals surface area (Å²) in [6.07, 6.45) is 0. The summed E-state index contributed by atoms with van der Waals surface area (Å²) >= 11 is 0. The lowest BCUT2D eigenvalue weighted by atomic mass is 10.1. The fourth-order valence-corrected chi connectivity index (χ4v) is 1.87. The first kappa shape index (κ1) is 14.3. The van der Waals surface area contributed by atoms with Gasteiger partial charge in [0.05, 0.1) is 18.9 Å². The van der Waals surface area contributed by atoms with Gasteiger partial charge in [-0.1, -0.05) is 17.3 Å². The Labute approximate surface area is 118 Å². The van der Waals surface area contributed by atoms with Crippen LogP contribution in [0, 0.1) is 0 Å². The molecule has 1 aromatic carbocycles. The molecule has 0 spiro atoms. The first-order valence-electron chi connectivity index (χ1n) is 6.55. The number of amides is 1. The second kappa shape index (κ2) is 6.91. The van der Waals surface area contributed by atoms with Crippen LogP contribution in [-0.4, -0.2) is 49.4 Å². The van der Waals surface area contributed by atoms with Crippen molar-refractivity contribution < 1.29 is 14.4 Å². The Hall–Kier alpha value is -2.08. The minimum atomic E-state index is -0.0674. The summed E-state index contributed by atoms with van der Waals surface area (Å²) in [5.74, 6) is -0.0674. The quantitative estimate of drug-likeness (QED) is 0.503. The van der Waals surface area contributed by atoms with Crippen LogP contribution in [0.5, 0.6) is 0 Å². The van der Waals surface area contributed by atoms with E-state index >= 15 is 0 Å². The van der Waals surface area contributed by atoms with E-state index in [0.717, 1.165) is 5.56 Å². The Morgan fingerprint density at radius 1 is 1.35 bits per heavy atom. The number of nitrogens with two attached hydrogens (primary N) is 1. The number of hydrogen-bond acceptors (Lipinski definition) is 5. The number of hydrogen-bond donors (Lipinski definition) is 1. The minimum absolute atomic E-state index is 0.0493. The van der Waals surface area contributed by atoms with E-state index in [0.29, 0.717) is 37.7 Å². The van der Waals surface area contributed by atoms with E-state index in [1.807, 2.05) is 19.1 Å². The third-order valence-electron chi connectivity index (χ3n) is 3.08. The highest BCUT2D eigenvalue weighted by molar-refractivity contribution is 5.98. The number of nitrogens with zero attached hydrogens (tertiary/aromatic N) is 2. The maximum atomic E-state index is 11.8. The molecule has 2 N–H and O–H groups in total. The molecule has 1 aliphatic heterocycles. The van der Waals surface area contributed by atoms with Gasteiger partial charge in [-0.3, -0.25) is 4.79 Å². The van der Waals surface area contributed by atoms with Crippen LogP contribution in [0.4, 0.5) is 5.69 Å². The number of morpholine rings is 1. The normalized spacial score (nSPS) is 16.1. The van der Waals surface area contributed by atoms with Gasteiger partial charge in [0.1, 0.15) is 0 Å². The molecule has 6 heteroatoms. The highest BCUT2D eigenvalue weighted by Gasteiger charge is 2.16.